The molecule has 0 aromatic heterocycles. The first-order valence-electron chi connectivity index (χ1n) is 6.85. The van der Waals surface area contributed by atoms with Crippen molar-refractivity contribution in [3.05, 3.63) is 35.9 Å². The van der Waals surface area contributed by atoms with Crippen LogP contribution < -0.4 is 5.73 Å². The molecule has 0 radical (unpaired) electrons. The van der Waals surface area contributed by atoms with E-state index in [0.717, 1.165) is 16.8 Å². The number of hydrogen-bond acceptors (Lipinski definition) is 3. The number of hydrogen-bond donors (Lipinski definition) is 1. The van der Waals surface area contributed by atoms with Gasteiger partial charge in [0.25, 0.3) is 0 Å². The van der Waals surface area contributed by atoms with Crippen LogP contribution in [-0.4, -0.2) is 17.0 Å². The van der Waals surface area contributed by atoms with Crippen LogP contribution in [0.25, 0.3) is 0 Å². The van der Waals surface area contributed by atoms with Gasteiger partial charge in [-0.3, -0.25) is 4.99 Å². The zero-order valence-corrected chi connectivity index (χ0v) is 11.4. The third-order valence-corrected chi connectivity index (χ3v) is 5.11. The first kappa shape index (κ1) is 12.1. The number of benzene rings is 1. The van der Waals surface area contributed by atoms with E-state index in [1.165, 1.54) is 31.2 Å². The standard InChI is InChI=1S/C15H20N2S/c16-15-17-13(10-18-15)14(12-8-4-5-9-12)11-6-2-1-3-7-11/h1-3,6-7,12-14H,4-5,8-10H2,(H2,16,17). The van der Waals surface area contributed by atoms with E-state index >= 15 is 0 Å². The molecule has 1 aromatic rings. The molecule has 2 N–H and O–H groups in total. The van der Waals surface area contributed by atoms with Crippen LogP contribution in [0.4, 0.5) is 0 Å². The third kappa shape index (κ3) is 2.41. The Balaban J connectivity index is 1.88. The molecule has 2 aliphatic rings. The summed E-state index contributed by atoms with van der Waals surface area (Å²) in [5, 5.41) is 0.777. The zero-order valence-electron chi connectivity index (χ0n) is 10.6. The largest absolute Gasteiger partial charge is 0.379 e. The minimum absolute atomic E-state index is 0.389. The topological polar surface area (TPSA) is 38.4 Å². The van der Waals surface area contributed by atoms with Crippen LogP contribution >= 0.6 is 11.8 Å². The number of amidine groups is 1. The van der Waals surface area contributed by atoms with Crippen LogP contribution in [0, 0.1) is 5.92 Å². The predicted octanol–water partition coefficient (Wildman–Crippen LogP) is 3.39. The molecule has 2 unspecified atom stereocenters. The van der Waals surface area contributed by atoms with Gasteiger partial charge < -0.3 is 5.73 Å². The minimum atomic E-state index is 0.389. The van der Waals surface area contributed by atoms with Gasteiger partial charge in [-0.2, -0.15) is 0 Å². The highest BCUT2D eigenvalue weighted by atomic mass is 32.2. The number of thioether (sulfide) groups is 1. The van der Waals surface area contributed by atoms with E-state index < -0.39 is 0 Å². The summed E-state index contributed by atoms with van der Waals surface area (Å²) in [4.78, 5) is 4.67. The van der Waals surface area contributed by atoms with Gasteiger partial charge in [-0.15, -0.1) is 0 Å². The van der Waals surface area contributed by atoms with E-state index in [0.29, 0.717) is 12.0 Å². The molecule has 1 heterocycles. The number of rotatable bonds is 3. The molecule has 0 spiro atoms. The lowest BCUT2D eigenvalue weighted by Crippen LogP contribution is -2.24. The quantitative estimate of drug-likeness (QED) is 0.904. The summed E-state index contributed by atoms with van der Waals surface area (Å²) in [5.41, 5.74) is 7.30. The van der Waals surface area contributed by atoms with Crippen LogP contribution in [0.3, 0.4) is 0 Å². The highest BCUT2D eigenvalue weighted by Crippen LogP contribution is 2.42. The average Bonchev–Trinajstić information content (AvgIpc) is 3.04. The van der Waals surface area contributed by atoms with E-state index in [1.807, 2.05) is 0 Å². The second-order valence-corrected chi connectivity index (χ2v) is 6.37. The highest BCUT2D eigenvalue weighted by Gasteiger charge is 2.34. The Morgan fingerprint density at radius 2 is 1.89 bits per heavy atom. The van der Waals surface area contributed by atoms with E-state index in [1.54, 1.807) is 11.8 Å². The van der Waals surface area contributed by atoms with Gasteiger partial charge in [-0.25, -0.2) is 0 Å². The van der Waals surface area contributed by atoms with Crippen molar-refractivity contribution >= 4 is 16.9 Å². The molecule has 96 valence electrons. The molecule has 2 nitrogen and oxygen atoms in total. The zero-order chi connectivity index (χ0) is 12.4. The van der Waals surface area contributed by atoms with Gasteiger partial charge in [-0.1, -0.05) is 54.9 Å². The normalized spacial score (nSPS) is 26.2. The monoisotopic (exact) mass is 260 g/mol. The average molecular weight is 260 g/mol. The lowest BCUT2D eigenvalue weighted by atomic mass is 9.80. The van der Waals surface area contributed by atoms with Gasteiger partial charge >= 0.3 is 0 Å². The van der Waals surface area contributed by atoms with Crippen molar-refractivity contribution in [1.29, 1.82) is 0 Å². The van der Waals surface area contributed by atoms with Crippen LogP contribution in [0.1, 0.15) is 37.2 Å². The predicted molar refractivity (Wildman–Crippen MR) is 79.0 cm³/mol. The molecule has 0 saturated heterocycles. The minimum Gasteiger partial charge on any atom is -0.379 e. The van der Waals surface area contributed by atoms with Gasteiger partial charge in [0, 0.05) is 11.7 Å². The van der Waals surface area contributed by atoms with Crippen molar-refractivity contribution in [3.63, 3.8) is 0 Å². The van der Waals surface area contributed by atoms with Crippen molar-refractivity contribution in [3.8, 4) is 0 Å². The fraction of sp³-hybridized carbons (Fsp3) is 0.533. The van der Waals surface area contributed by atoms with Crippen LogP contribution in [0.2, 0.25) is 0 Å². The van der Waals surface area contributed by atoms with E-state index in [2.05, 4.69) is 35.3 Å². The fourth-order valence-electron chi connectivity index (χ4n) is 3.39. The van der Waals surface area contributed by atoms with E-state index in [-0.39, 0.29) is 0 Å². The van der Waals surface area contributed by atoms with Crippen molar-refractivity contribution in [2.45, 2.75) is 37.6 Å². The molecule has 18 heavy (non-hydrogen) atoms. The van der Waals surface area contributed by atoms with Gasteiger partial charge in [0.15, 0.2) is 5.17 Å². The third-order valence-electron chi connectivity index (χ3n) is 4.20. The second-order valence-electron chi connectivity index (χ2n) is 5.33. The lowest BCUT2D eigenvalue weighted by Gasteiger charge is -2.27. The molecule has 1 aliphatic carbocycles. The summed E-state index contributed by atoms with van der Waals surface area (Å²) < 4.78 is 0. The number of nitrogens with two attached hydrogens (primary N) is 1. The SMILES string of the molecule is NC1=NC(C(c2ccccc2)C2CCCC2)CS1. The Hall–Kier alpha value is -0.960. The van der Waals surface area contributed by atoms with Crippen LogP contribution in [0.5, 0.6) is 0 Å². The second kappa shape index (κ2) is 5.35. The highest BCUT2D eigenvalue weighted by molar-refractivity contribution is 8.14. The van der Waals surface area contributed by atoms with E-state index in [9.17, 15) is 0 Å². The lowest BCUT2D eigenvalue weighted by molar-refractivity contribution is 0.393. The molecule has 0 bridgehead atoms. The molecule has 2 atom stereocenters. The Bertz CT molecular complexity index is 423. The van der Waals surface area contributed by atoms with Crippen molar-refractivity contribution in [1.82, 2.24) is 0 Å². The van der Waals surface area contributed by atoms with Gasteiger partial charge in [0.05, 0.1) is 6.04 Å². The molecule has 1 aromatic carbocycles. The summed E-state index contributed by atoms with van der Waals surface area (Å²) in [7, 11) is 0. The first-order valence-corrected chi connectivity index (χ1v) is 7.84. The van der Waals surface area contributed by atoms with Gasteiger partial charge in [0.2, 0.25) is 0 Å². The Kier molecular flexibility index (Phi) is 3.59. The van der Waals surface area contributed by atoms with E-state index in [4.69, 9.17) is 5.73 Å². The maximum atomic E-state index is 5.85. The molecular formula is C15H20N2S. The molecule has 1 saturated carbocycles. The summed E-state index contributed by atoms with van der Waals surface area (Å²) >= 11 is 1.71. The first-order chi connectivity index (χ1) is 8.84. The smallest absolute Gasteiger partial charge is 0.154 e. The van der Waals surface area contributed by atoms with Crippen LogP contribution in [0.15, 0.2) is 35.3 Å². The number of nitrogens with zero attached hydrogens (tertiary/aromatic N) is 1. The summed E-state index contributed by atoms with van der Waals surface area (Å²) in [6.07, 6.45) is 5.48. The van der Waals surface area contributed by atoms with Crippen molar-refractivity contribution < 1.29 is 0 Å². The maximum absolute atomic E-state index is 5.85. The molecular weight excluding hydrogens is 240 g/mol. The Morgan fingerprint density at radius 3 is 2.50 bits per heavy atom. The number of aliphatic imine (C=N–C) groups is 1. The maximum Gasteiger partial charge on any atom is 0.154 e. The van der Waals surface area contributed by atoms with Crippen molar-refractivity contribution in [2.24, 2.45) is 16.6 Å². The van der Waals surface area contributed by atoms with Crippen LogP contribution in [-0.2, 0) is 0 Å². The molecule has 3 heteroatoms. The van der Waals surface area contributed by atoms with Gasteiger partial charge in [0.1, 0.15) is 0 Å². The Morgan fingerprint density at radius 1 is 1.17 bits per heavy atom. The molecule has 3 rings (SSSR count). The molecule has 1 fully saturated rings. The fourth-order valence-corrected chi connectivity index (χ4v) is 4.23. The Labute approximate surface area is 113 Å². The summed E-state index contributed by atoms with van der Waals surface area (Å²) in [5.74, 6) is 2.43. The molecule has 0 amide bonds. The summed E-state index contributed by atoms with van der Waals surface area (Å²) in [6.45, 7) is 0. The van der Waals surface area contributed by atoms with Gasteiger partial charge in [-0.05, 0) is 24.3 Å². The molecule has 1 aliphatic heterocycles. The summed E-state index contributed by atoms with van der Waals surface area (Å²) in [6, 6.07) is 11.3. The van der Waals surface area contributed by atoms with Crippen molar-refractivity contribution in [2.75, 3.05) is 5.75 Å².